The van der Waals surface area contributed by atoms with E-state index in [0.717, 1.165) is 0 Å². The summed E-state index contributed by atoms with van der Waals surface area (Å²) in [7, 11) is 1.56. The van der Waals surface area contributed by atoms with Gasteiger partial charge in [0.25, 0.3) is 0 Å². The van der Waals surface area contributed by atoms with Crippen LogP contribution in [0.4, 0.5) is 0 Å². The Bertz CT molecular complexity index is 394. The van der Waals surface area contributed by atoms with E-state index in [1.165, 1.54) is 0 Å². The third-order valence-electron chi connectivity index (χ3n) is 2.35. The average molecular weight is 192 g/mol. The van der Waals surface area contributed by atoms with Gasteiger partial charge in [-0.2, -0.15) is 0 Å². The lowest BCUT2D eigenvalue weighted by Gasteiger charge is -2.15. The fourth-order valence-corrected chi connectivity index (χ4v) is 1.59. The molecule has 0 amide bonds. The van der Waals surface area contributed by atoms with Crippen LogP contribution in [-0.2, 0) is 0 Å². The van der Waals surface area contributed by atoms with Crippen LogP contribution in [0.1, 0.15) is 24.2 Å². The molecule has 0 aliphatic carbocycles. The molecule has 0 saturated heterocycles. The van der Waals surface area contributed by atoms with Crippen molar-refractivity contribution in [1.29, 1.82) is 0 Å². The molecule has 1 aromatic carbocycles. The number of Topliss-reactive ketones (excluding diaryl/α,β-unsaturated/α-hetero) is 1. The van der Waals surface area contributed by atoms with Gasteiger partial charge in [0, 0.05) is 0 Å². The van der Waals surface area contributed by atoms with Crippen LogP contribution in [0, 0.1) is 0 Å². The number of ketones is 1. The molecule has 2 rings (SSSR count). The van der Waals surface area contributed by atoms with Crippen molar-refractivity contribution in [2.24, 2.45) is 0 Å². The summed E-state index contributed by atoms with van der Waals surface area (Å²) in [6, 6.07) is 5.34. The van der Waals surface area contributed by atoms with Crippen molar-refractivity contribution in [3.05, 3.63) is 23.8 Å². The van der Waals surface area contributed by atoms with E-state index < -0.39 is 5.60 Å². The van der Waals surface area contributed by atoms with Gasteiger partial charge in [0.05, 0.1) is 12.7 Å². The summed E-state index contributed by atoms with van der Waals surface area (Å²) in [5.74, 6) is 1.18. The summed E-state index contributed by atoms with van der Waals surface area (Å²) < 4.78 is 10.7. The largest absolute Gasteiger partial charge is 0.493 e. The van der Waals surface area contributed by atoms with Crippen molar-refractivity contribution in [3.8, 4) is 11.5 Å². The smallest absolute Gasteiger partial charge is 0.209 e. The van der Waals surface area contributed by atoms with E-state index in [2.05, 4.69) is 0 Å². The maximum atomic E-state index is 11.8. The molecule has 3 heteroatoms. The highest BCUT2D eigenvalue weighted by Crippen LogP contribution is 2.41. The summed E-state index contributed by atoms with van der Waals surface area (Å²) in [6.07, 6.45) is 0. The van der Waals surface area contributed by atoms with E-state index in [1.807, 2.05) is 0 Å². The van der Waals surface area contributed by atoms with E-state index in [0.29, 0.717) is 17.1 Å². The highest BCUT2D eigenvalue weighted by Gasteiger charge is 2.41. The van der Waals surface area contributed by atoms with Crippen LogP contribution in [0.15, 0.2) is 18.2 Å². The molecule has 0 radical (unpaired) electrons. The number of hydrogen-bond donors (Lipinski definition) is 0. The van der Waals surface area contributed by atoms with Crippen molar-refractivity contribution in [3.63, 3.8) is 0 Å². The van der Waals surface area contributed by atoms with Gasteiger partial charge in [-0.25, -0.2) is 0 Å². The van der Waals surface area contributed by atoms with Gasteiger partial charge in [0.1, 0.15) is 0 Å². The topological polar surface area (TPSA) is 35.5 Å². The summed E-state index contributed by atoms with van der Waals surface area (Å²) in [6.45, 7) is 3.52. The van der Waals surface area contributed by atoms with E-state index in [-0.39, 0.29) is 5.78 Å². The molecule has 0 unspecified atom stereocenters. The Morgan fingerprint density at radius 3 is 2.71 bits per heavy atom. The third-order valence-corrected chi connectivity index (χ3v) is 2.35. The Morgan fingerprint density at radius 1 is 1.36 bits per heavy atom. The van der Waals surface area contributed by atoms with Gasteiger partial charge in [-0.3, -0.25) is 4.79 Å². The monoisotopic (exact) mass is 192 g/mol. The molecule has 0 spiro atoms. The number of hydrogen-bond acceptors (Lipinski definition) is 3. The molecule has 0 atom stereocenters. The second-order valence-corrected chi connectivity index (χ2v) is 3.78. The Kier molecular flexibility index (Phi) is 1.77. The SMILES string of the molecule is COc1cccc2c1OC(C)(C)C2=O. The molecule has 0 bridgehead atoms. The lowest BCUT2D eigenvalue weighted by atomic mass is 10.00. The quantitative estimate of drug-likeness (QED) is 0.683. The molecule has 1 aliphatic heterocycles. The second-order valence-electron chi connectivity index (χ2n) is 3.78. The normalized spacial score (nSPS) is 17.5. The predicted molar refractivity (Wildman–Crippen MR) is 52.0 cm³/mol. The van der Waals surface area contributed by atoms with Gasteiger partial charge in [0.2, 0.25) is 5.78 Å². The first-order chi connectivity index (χ1) is 6.56. The molecule has 1 aliphatic rings. The first-order valence-corrected chi connectivity index (χ1v) is 4.47. The van der Waals surface area contributed by atoms with Gasteiger partial charge < -0.3 is 9.47 Å². The zero-order valence-corrected chi connectivity index (χ0v) is 8.46. The predicted octanol–water partition coefficient (Wildman–Crippen LogP) is 2.05. The lowest BCUT2D eigenvalue weighted by Crippen LogP contribution is -2.31. The van der Waals surface area contributed by atoms with Gasteiger partial charge in [-0.05, 0) is 26.0 Å². The van der Waals surface area contributed by atoms with E-state index in [4.69, 9.17) is 9.47 Å². The first-order valence-electron chi connectivity index (χ1n) is 4.47. The number of fused-ring (bicyclic) bond motifs is 1. The van der Waals surface area contributed by atoms with Crippen molar-refractivity contribution in [1.82, 2.24) is 0 Å². The van der Waals surface area contributed by atoms with Crippen LogP contribution in [-0.4, -0.2) is 18.5 Å². The number of methoxy groups -OCH3 is 1. The molecule has 0 fully saturated rings. The van der Waals surface area contributed by atoms with Crippen LogP contribution < -0.4 is 9.47 Å². The fourth-order valence-electron chi connectivity index (χ4n) is 1.59. The van der Waals surface area contributed by atoms with Crippen LogP contribution in [0.5, 0.6) is 11.5 Å². The number of carbonyl (C=O) groups is 1. The highest BCUT2D eigenvalue weighted by atomic mass is 16.5. The van der Waals surface area contributed by atoms with Crippen molar-refractivity contribution in [2.75, 3.05) is 7.11 Å². The minimum absolute atomic E-state index is 0.00593. The van der Waals surface area contributed by atoms with Gasteiger partial charge in [0.15, 0.2) is 17.1 Å². The lowest BCUT2D eigenvalue weighted by molar-refractivity contribution is 0.0679. The third kappa shape index (κ3) is 1.09. The van der Waals surface area contributed by atoms with Gasteiger partial charge >= 0.3 is 0 Å². The molecule has 3 nitrogen and oxygen atoms in total. The zero-order chi connectivity index (χ0) is 10.3. The molecule has 1 aromatic rings. The number of rotatable bonds is 1. The Morgan fingerprint density at radius 2 is 2.07 bits per heavy atom. The standard InChI is InChI=1S/C11H12O3/c1-11(2)10(12)7-5-4-6-8(13-3)9(7)14-11/h4-6H,1-3H3. The summed E-state index contributed by atoms with van der Waals surface area (Å²) in [5.41, 5.74) is -0.161. The van der Waals surface area contributed by atoms with Crippen molar-refractivity contribution < 1.29 is 14.3 Å². The summed E-state index contributed by atoms with van der Waals surface area (Å²) in [4.78, 5) is 11.8. The zero-order valence-electron chi connectivity index (χ0n) is 8.46. The Balaban J connectivity index is 2.58. The molecule has 0 N–H and O–H groups in total. The van der Waals surface area contributed by atoms with E-state index >= 15 is 0 Å². The maximum Gasteiger partial charge on any atom is 0.209 e. The molecule has 0 aromatic heterocycles. The molecular formula is C11H12O3. The van der Waals surface area contributed by atoms with Crippen LogP contribution in [0.3, 0.4) is 0 Å². The van der Waals surface area contributed by atoms with E-state index in [9.17, 15) is 4.79 Å². The second kappa shape index (κ2) is 2.74. The average Bonchev–Trinajstić information content (AvgIpc) is 2.38. The minimum atomic E-state index is -0.767. The number of para-hydroxylation sites is 1. The summed E-state index contributed by atoms with van der Waals surface area (Å²) >= 11 is 0. The van der Waals surface area contributed by atoms with Gasteiger partial charge in [-0.15, -0.1) is 0 Å². The van der Waals surface area contributed by atoms with Gasteiger partial charge in [-0.1, -0.05) is 6.07 Å². The maximum absolute atomic E-state index is 11.8. The number of carbonyl (C=O) groups excluding carboxylic acids is 1. The van der Waals surface area contributed by atoms with Crippen LogP contribution >= 0.6 is 0 Å². The molecule has 74 valence electrons. The van der Waals surface area contributed by atoms with Crippen molar-refractivity contribution in [2.45, 2.75) is 19.4 Å². The van der Waals surface area contributed by atoms with E-state index in [1.54, 1.807) is 39.2 Å². The fraction of sp³-hybridized carbons (Fsp3) is 0.364. The molecule has 1 heterocycles. The Hall–Kier alpha value is -1.51. The Labute approximate surface area is 82.6 Å². The molecular weight excluding hydrogens is 180 g/mol. The number of benzene rings is 1. The van der Waals surface area contributed by atoms with Crippen molar-refractivity contribution >= 4 is 5.78 Å². The minimum Gasteiger partial charge on any atom is -0.493 e. The first kappa shape index (κ1) is 9.06. The number of ether oxygens (including phenoxy) is 2. The summed E-state index contributed by atoms with van der Waals surface area (Å²) in [5, 5.41) is 0. The molecule has 0 saturated carbocycles. The molecule has 14 heavy (non-hydrogen) atoms. The highest BCUT2D eigenvalue weighted by molar-refractivity contribution is 6.07. The van der Waals surface area contributed by atoms with Crippen LogP contribution in [0.2, 0.25) is 0 Å². The van der Waals surface area contributed by atoms with Crippen LogP contribution in [0.25, 0.3) is 0 Å².